The fourth-order valence-electron chi connectivity index (χ4n) is 3.57. The summed E-state index contributed by atoms with van der Waals surface area (Å²) < 4.78 is 5.35. The fraction of sp³-hybridized carbons (Fsp3) is 0.273. The molecule has 7 heteroatoms. The lowest BCUT2D eigenvalue weighted by Crippen LogP contribution is -2.53. The van der Waals surface area contributed by atoms with Gasteiger partial charge in [-0.3, -0.25) is 4.79 Å². The van der Waals surface area contributed by atoms with Crippen molar-refractivity contribution in [3.05, 3.63) is 66.4 Å². The number of hydrogen-bond acceptors (Lipinski definition) is 3. The first-order valence-corrected chi connectivity index (χ1v) is 9.75. The van der Waals surface area contributed by atoms with Crippen LogP contribution in [0.5, 0.6) is 0 Å². The van der Waals surface area contributed by atoms with Crippen molar-refractivity contribution in [1.82, 2.24) is 15.2 Å². The van der Waals surface area contributed by atoms with Gasteiger partial charge in [0.05, 0.1) is 13.2 Å². The minimum atomic E-state index is -0.670. The van der Waals surface area contributed by atoms with Crippen molar-refractivity contribution >= 4 is 28.5 Å². The Bertz CT molecular complexity index is 980. The van der Waals surface area contributed by atoms with Crippen LogP contribution in [-0.2, 0) is 16.0 Å². The van der Waals surface area contributed by atoms with Crippen molar-refractivity contribution in [3.63, 3.8) is 0 Å². The zero-order valence-corrected chi connectivity index (χ0v) is 16.1. The Hall–Kier alpha value is -3.32. The van der Waals surface area contributed by atoms with Gasteiger partial charge < -0.3 is 25.3 Å². The number of nitrogens with zero attached hydrogens (tertiary/aromatic N) is 1. The van der Waals surface area contributed by atoms with Gasteiger partial charge >= 0.3 is 6.03 Å². The van der Waals surface area contributed by atoms with Crippen LogP contribution in [0, 0.1) is 0 Å². The highest BCUT2D eigenvalue weighted by Crippen LogP contribution is 2.20. The standard InChI is InChI=1S/C22H24N4O3/c27-21(26-10-12-29-13-11-26)20(25-22(28)24-17-6-2-1-3-7-17)14-16-15-23-19-9-5-4-8-18(16)19/h1-9,15,20,23H,10-14H2,(H2,24,25,28)/t20-/m0/s1. The van der Waals surface area contributed by atoms with Gasteiger partial charge in [0.25, 0.3) is 0 Å². The lowest BCUT2D eigenvalue weighted by Gasteiger charge is -2.30. The Morgan fingerprint density at radius 2 is 1.76 bits per heavy atom. The Labute approximate surface area is 169 Å². The molecule has 1 aliphatic rings. The Morgan fingerprint density at radius 1 is 1.03 bits per heavy atom. The molecule has 0 spiro atoms. The number of nitrogens with one attached hydrogen (secondary N) is 3. The lowest BCUT2D eigenvalue weighted by molar-refractivity contribution is -0.137. The molecule has 3 N–H and O–H groups in total. The summed E-state index contributed by atoms with van der Waals surface area (Å²) in [4.78, 5) is 30.7. The third kappa shape index (κ3) is 4.57. The second kappa shape index (κ2) is 8.79. The number of urea groups is 1. The van der Waals surface area contributed by atoms with Crippen molar-refractivity contribution in [2.45, 2.75) is 12.5 Å². The molecule has 0 radical (unpaired) electrons. The van der Waals surface area contributed by atoms with E-state index in [-0.39, 0.29) is 5.91 Å². The monoisotopic (exact) mass is 392 g/mol. The second-order valence-corrected chi connectivity index (χ2v) is 7.02. The van der Waals surface area contributed by atoms with E-state index in [0.29, 0.717) is 38.4 Å². The number of aromatic amines is 1. The van der Waals surface area contributed by atoms with Gasteiger partial charge in [-0.1, -0.05) is 36.4 Å². The predicted molar refractivity (Wildman–Crippen MR) is 112 cm³/mol. The van der Waals surface area contributed by atoms with E-state index in [1.807, 2.05) is 48.7 Å². The fourth-order valence-corrected chi connectivity index (χ4v) is 3.57. The summed E-state index contributed by atoms with van der Waals surface area (Å²) in [5.74, 6) is -0.0956. The molecule has 2 aromatic carbocycles. The van der Waals surface area contributed by atoms with Crippen LogP contribution >= 0.6 is 0 Å². The first kappa shape index (κ1) is 19.0. The predicted octanol–water partition coefficient (Wildman–Crippen LogP) is 2.76. The van der Waals surface area contributed by atoms with E-state index in [0.717, 1.165) is 16.5 Å². The third-order valence-electron chi connectivity index (χ3n) is 5.06. The maximum Gasteiger partial charge on any atom is 0.319 e. The minimum Gasteiger partial charge on any atom is -0.378 e. The number of hydrogen-bond donors (Lipinski definition) is 3. The highest BCUT2D eigenvalue weighted by Gasteiger charge is 2.28. The number of fused-ring (bicyclic) bond motifs is 1. The highest BCUT2D eigenvalue weighted by molar-refractivity contribution is 5.94. The number of carbonyl (C=O) groups is 2. The summed E-state index contributed by atoms with van der Waals surface area (Å²) in [6.07, 6.45) is 2.31. The van der Waals surface area contributed by atoms with E-state index in [1.54, 1.807) is 17.0 Å². The summed E-state index contributed by atoms with van der Waals surface area (Å²) in [6, 6.07) is 16.0. The van der Waals surface area contributed by atoms with Gasteiger partial charge in [0, 0.05) is 42.3 Å². The summed E-state index contributed by atoms with van der Waals surface area (Å²) in [5, 5.41) is 6.72. The van der Waals surface area contributed by atoms with Gasteiger partial charge in [-0.2, -0.15) is 0 Å². The number of amides is 3. The Kier molecular flexibility index (Phi) is 5.76. The minimum absolute atomic E-state index is 0.0956. The third-order valence-corrected chi connectivity index (χ3v) is 5.06. The van der Waals surface area contributed by atoms with Crippen molar-refractivity contribution in [1.29, 1.82) is 0 Å². The van der Waals surface area contributed by atoms with Crippen molar-refractivity contribution < 1.29 is 14.3 Å². The van der Waals surface area contributed by atoms with Crippen LogP contribution in [0.1, 0.15) is 5.56 Å². The first-order chi connectivity index (χ1) is 14.2. The quantitative estimate of drug-likeness (QED) is 0.624. The second-order valence-electron chi connectivity index (χ2n) is 7.02. The van der Waals surface area contributed by atoms with Crippen LogP contribution in [0.15, 0.2) is 60.8 Å². The van der Waals surface area contributed by atoms with Crippen LogP contribution < -0.4 is 10.6 Å². The number of ether oxygens (including phenoxy) is 1. The molecule has 1 atom stereocenters. The number of para-hydroxylation sites is 2. The molecule has 3 aromatic rings. The van der Waals surface area contributed by atoms with E-state index >= 15 is 0 Å². The van der Waals surface area contributed by atoms with Crippen molar-refractivity contribution in [2.24, 2.45) is 0 Å². The van der Waals surface area contributed by atoms with Crippen molar-refractivity contribution in [2.75, 3.05) is 31.6 Å². The Balaban J connectivity index is 1.53. The summed E-state index contributed by atoms with van der Waals surface area (Å²) in [6.45, 7) is 2.10. The number of aromatic nitrogens is 1. The molecule has 0 aliphatic carbocycles. The first-order valence-electron chi connectivity index (χ1n) is 9.75. The average Bonchev–Trinajstić information content (AvgIpc) is 3.17. The lowest BCUT2D eigenvalue weighted by atomic mass is 10.0. The zero-order valence-electron chi connectivity index (χ0n) is 16.1. The largest absolute Gasteiger partial charge is 0.378 e. The topological polar surface area (TPSA) is 86.5 Å². The molecule has 1 fully saturated rings. The maximum atomic E-state index is 13.2. The van der Waals surface area contributed by atoms with Crippen LogP contribution in [0.3, 0.4) is 0 Å². The van der Waals surface area contributed by atoms with E-state index in [2.05, 4.69) is 15.6 Å². The molecule has 0 saturated carbocycles. The number of benzene rings is 2. The zero-order chi connectivity index (χ0) is 20.1. The maximum absolute atomic E-state index is 13.2. The molecule has 7 nitrogen and oxygen atoms in total. The summed E-state index contributed by atoms with van der Waals surface area (Å²) >= 11 is 0. The molecule has 0 bridgehead atoms. The van der Waals surface area contributed by atoms with E-state index < -0.39 is 12.1 Å². The molecule has 29 heavy (non-hydrogen) atoms. The van der Waals surface area contributed by atoms with Crippen molar-refractivity contribution in [3.8, 4) is 0 Å². The number of H-pyrrole nitrogens is 1. The van der Waals surface area contributed by atoms with Gasteiger partial charge in [-0.25, -0.2) is 4.79 Å². The molecule has 2 heterocycles. The van der Waals surface area contributed by atoms with Crippen LogP contribution in [-0.4, -0.2) is 54.2 Å². The van der Waals surface area contributed by atoms with Crippen LogP contribution in [0.25, 0.3) is 10.9 Å². The van der Waals surface area contributed by atoms with Crippen LogP contribution in [0.4, 0.5) is 10.5 Å². The molecule has 150 valence electrons. The SMILES string of the molecule is O=C(Nc1ccccc1)N[C@@H](Cc1c[nH]c2ccccc12)C(=O)N1CCOCC1. The number of morpholine rings is 1. The summed E-state index contributed by atoms with van der Waals surface area (Å²) in [5.41, 5.74) is 2.68. The van der Waals surface area contributed by atoms with Gasteiger partial charge in [0.15, 0.2) is 0 Å². The van der Waals surface area contributed by atoms with E-state index in [4.69, 9.17) is 4.74 Å². The number of rotatable bonds is 5. The van der Waals surface area contributed by atoms with Crippen LogP contribution in [0.2, 0.25) is 0 Å². The molecular formula is C22H24N4O3. The van der Waals surface area contributed by atoms with E-state index in [1.165, 1.54) is 0 Å². The molecule has 1 saturated heterocycles. The molecule has 0 unspecified atom stereocenters. The molecular weight excluding hydrogens is 368 g/mol. The van der Waals surface area contributed by atoms with Gasteiger partial charge in [-0.05, 0) is 23.8 Å². The molecule has 1 aliphatic heterocycles. The van der Waals surface area contributed by atoms with Gasteiger partial charge in [0.2, 0.25) is 5.91 Å². The normalized spacial score (nSPS) is 15.1. The molecule has 4 rings (SSSR count). The number of carbonyl (C=O) groups excluding carboxylic acids is 2. The smallest absolute Gasteiger partial charge is 0.319 e. The van der Waals surface area contributed by atoms with Gasteiger partial charge in [0.1, 0.15) is 6.04 Å². The number of anilines is 1. The van der Waals surface area contributed by atoms with E-state index in [9.17, 15) is 9.59 Å². The Morgan fingerprint density at radius 3 is 2.55 bits per heavy atom. The average molecular weight is 392 g/mol. The molecule has 1 aromatic heterocycles. The highest BCUT2D eigenvalue weighted by atomic mass is 16.5. The summed E-state index contributed by atoms with van der Waals surface area (Å²) in [7, 11) is 0. The van der Waals surface area contributed by atoms with Gasteiger partial charge in [-0.15, -0.1) is 0 Å². The molecule has 3 amide bonds.